The van der Waals surface area contributed by atoms with E-state index >= 15 is 0 Å². The first-order valence-electron chi connectivity index (χ1n) is 16.1. The van der Waals surface area contributed by atoms with Crippen molar-refractivity contribution in [2.24, 2.45) is 0 Å². The van der Waals surface area contributed by atoms with E-state index in [2.05, 4.69) is 35.1 Å². The molecule has 252 valence electrons. The van der Waals surface area contributed by atoms with Crippen LogP contribution in [0.1, 0.15) is 59.0 Å². The molecule has 50 heavy (non-hydrogen) atoms. The number of nitrogens with one attached hydrogen (secondary N) is 4. The molecule has 0 bridgehead atoms. The van der Waals surface area contributed by atoms with Gasteiger partial charge < -0.3 is 21.3 Å². The van der Waals surface area contributed by atoms with E-state index in [4.69, 9.17) is 0 Å². The Morgan fingerprint density at radius 1 is 0.620 bits per heavy atom. The van der Waals surface area contributed by atoms with Gasteiger partial charge in [-0.3, -0.25) is 19.2 Å². The molecule has 4 N–H and O–H groups in total. The molecule has 0 aliphatic heterocycles. The van der Waals surface area contributed by atoms with Gasteiger partial charge in [0, 0.05) is 34.4 Å². The fourth-order valence-electron chi connectivity index (χ4n) is 5.02. The van der Waals surface area contributed by atoms with Gasteiger partial charge in [0.25, 0.3) is 11.8 Å². The maximum Gasteiger partial charge on any atom is 0.272 e. The van der Waals surface area contributed by atoms with Crippen LogP contribution in [0.2, 0.25) is 0 Å². The molecule has 8 nitrogen and oxygen atoms in total. The molecule has 1 atom stereocenters. The Kier molecular flexibility index (Phi) is 12.0. The van der Waals surface area contributed by atoms with Gasteiger partial charge >= 0.3 is 0 Å². The van der Waals surface area contributed by atoms with Crippen LogP contribution in [0.3, 0.4) is 0 Å². The van der Waals surface area contributed by atoms with Gasteiger partial charge in [0.15, 0.2) is 0 Å². The summed E-state index contributed by atoms with van der Waals surface area (Å²) >= 11 is 1.34. The molecule has 5 aromatic carbocycles. The van der Waals surface area contributed by atoms with Gasteiger partial charge in [-0.05, 0) is 83.3 Å². The lowest BCUT2D eigenvalue weighted by molar-refractivity contribution is -0.116. The lowest BCUT2D eigenvalue weighted by Gasteiger charge is -2.18. The standard InChI is InChI=1S/C41H38N4O4S/c1-27(2)30-19-17-29(18-20-30)25-37(45-39(47)32-13-8-5-9-14-32)40(48)44-35-15-10-16-36(26-35)50-38(31-11-6-4-7-12-31)41(49)43-34-23-21-33(22-24-34)42-28(3)46/h4-27,38H,1-3H3,(H,42,46)(H,43,49)(H,44,48)(H,45,47)/b37-25+. The summed E-state index contributed by atoms with van der Waals surface area (Å²) in [6.07, 6.45) is 1.65. The normalized spacial score (nSPS) is 11.7. The molecule has 0 heterocycles. The number of hydrogen-bond acceptors (Lipinski definition) is 5. The monoisotopic (exact) mass is 682 g/mol. The zero-order valence-corrected chi connectivity index (χ0v) is 28.8. The van der Waals surface area contributed by atoms with Crippen molar-refractivity contribution in [3.63, 3.8) is 0 Å². The Hall–Kier alpha value is -5.93. The Morgan fingerprint density at radius 2 is 1.24 bits per heavy atom. The first-order chi connectivity index (χ1) is 24.1. The molecule has 0 aliphatic rings. The number of rotatable bonds is 12. The van der Waals surface area contributed by atoms with E-state index in [9.17, 15) is 19.2 Å². The van der Waals surface area contributed by atoms with Crippen molar-refractivity contribution in [2.45, 2.75) is 36.8 Å². The molecule has 0 spiro atoms. The average Bonchev–Trinajstić information content (AvgIpc) is 3.12. The first kappa shape index (κ1) is 35.4. The van der Waals surface area contributed by atoms with Crippen LogP contribution in [0.5, 0.6) is 0 Å². The molecule has 9 heteroatoms. The molecule has 0 aromatic heterocycles. The third-order valence-corrected chi connectivity index (χ3v) is 8.85. The lowest BCUT2D eigenvalue weighted by Crippen LogP contribution is -2.30. The molecule has 0 saturated carbocycles. The SMILES string of the molecule is CC(=O)Nc1ccc(NC(=O)C(Sc2cccc(NC(=O)/C(=C\c3ccc(C(C)C)cc3)NC(=O)c3ccccc3)c2)c2ccccc2)cc1. The summed E-state index contributed by atoms with van der Waals surface area (Å²) in [5.74, 6) is -0.962. The number of amides is 4. The molecule has 0 aliphatic carbocycles. The highest BCUT2D eigenvalue weighted by Gasteiger charge is 2.23. The van der Waals surface area contributed by atoms with Crippen LogP contribution in [0.15, 0.2) is 144 Å². The second-order valence-corrected chi connectivity index (χ2v) is 13.0. The summed E-state index contributed by atoms with van der Waals surface area (Å²) in [7, 11) is 0. The number of carbonyl (C=O) groups excluding carboxylic acids is 4. The van der Waals surface area contributed by atoms with E-state index < -0.39 is 17.1 Å². The number of carbonyl (C=O) groups is 4. The van der Waals surface area contributed by atoms with Crippen molar-refractivity contribution in [2.75, 3.05) is 16.0 Å². The number of benzene rings is 5. The molecule has 0 radical (unpaired) electrons. The van der Waals surface area contributed by atoms with Crippen LogP contribution < -0.4 is 21.3 Å². The molecular weight excluding hydrogens is 645 g/mol. The van der Waals surface area contributed by atoms with Gasteiger partial charge in [0.05, 0.1) is 0 Å². The third-order valence-electron chi connectivity index (χ3n) is 7.60. The summed E-state index contributed by atoms with van der Waals surface area (Å²) in [6, 6.07) is 40.1. The molecule has 4 amide bonds. The van der Waals surface area contributed by atoms with Gasteiger partial charge in [-0.1, -0.05) is 92.7 Å². The van der Waals surface area contributed by atoms with Crippen LogP contribution >= 0.6 is 11.8 Å². The van der Waals surface area contributed by atoms with E-state index in [1.807, 2.05) is 66.7 Å². The van der Waals surface area contributed by atoms with Crippen molar-refractivity contribution >= 4 is 58.5 Å². The van der Waals surface area contributed by atoms with Gasteiger partial charge in [-0.2, -0.15) is 0 Å². The van der Waals surface area contributed by atoms with Gasteiger partial charge in [0.1, 0.15) is 10.9 Å². The van der Waals surface area contributed by atoms with E-state index in [1.54, 1.807) is 72.8 Å². The van der Waals surface area contributed by atoms with Crippen LogP contribution in [0.4, 0.5) is 17.1 Å². The number of anilines is 3. The number of hydrogen-bond donors (Lipinski definition) is 4. The minimum atomic E-state index is -0.619. The highest BCUT2D eigenvalue weighted by Crippen LogP contribution is 2.37. The Bertz CT molecular complexity index is 1980. The van der Waals surface area contributed by atoms with E-state index in [0.717, 1.165) is 21.6 Å². The van der Waals surface area contributed by atoms with Gasteiger partial charge in [0.2, 0.25) is 11.8 Å². The Morgan fingerprint density at radius 3 is 1.86 bits per heavy atom. The van der Waals surface area contributed by atoms with Crippen molar-refractivity contribution in [3.8, 4) is 0 Å². The first-order valence-corrected chi connectivity index (χ1v) is 17.0. The van der Waals surface area contributed by atoms with Crippen molar-refractivity contribution in [1.82, 2.24) is 5.32 Å². The topological polar surface area (TPSA) is 116 Å². The Balaban J connectivity index is 1.36. The fourth-order valence-corrected chi connectivity index (χ4v) is 6.10. The second kappa shape index (κ2) is 16.9. The Labute approximate surface area is 296 Å². The minimum Gasteiger partial charge on any atom is -0.326 e. The summed E-state index contributed by atoms with van der Waals surface area (Å²) in [5, 5.41) is 10.8. The second-order valence-electron chi connectivity index (χ2n) is 11.8. The molecular formula is C41H38N4O4S. The van der Waals surface area contributed by atoms with Crippen molar-refractivity contribution in [1.29, 1.82) is 0 Å². The summed E-state index contributed by atoms with van der Waals surface area (Å²) in [4.78, 5) is 52.6. The third kappa shape index (κ3) is 10.0. The summed E-state index contributed by atoms with van der Waals surface area (Å²) in [5.41, 5.74) is 4.95. The minimum absolute atomic E-state index is 0.0836. The predicted molar refractivity (Wildman–Crippen MR) is 202 cm³/mol. The maximum atomic E-state index is 13.7. The maximum absolute atomic E-state index is 13.7. The average molecular weight is 683 g/mol. The fraction of sp³-hybridized carbons (Fsp3) is 0.122. The molecule has 5 aromatic rings. The van der Waals surface area contributed by atoms with E-state index in [-0.39, 0.29) is 17.5 Å². The lowest BCUT2D eigenvalue weighted by atomic mass is 10.0. The zero-order chi connectivity index (χ0) is 35.5. The van der Waals surface area contributed by atoms with Crippen LogP contribution in [-0.4, -0.2) is 23.6 Å². The quantitative estimate of drug-likeness (QED) is 0.0777. The summed E-state index contributed by atoms with van der Waals surface area (Å²) in [6.45, 7) is 5.66. The van der Waals surface area contributed by atoms with Crippen molar-refractivity contribution in [3.05, 3.63) is 161 Å². The molecule has 0 saturated heterocycles. The van der Waals surface area contributed by atoms with Crippen LogP contribution in [0.25, 0.3) is 6.08 Å². The predicted octanol–water partition coefficient (Wildman–Crippen LogP) is 8.65. The largest absolute Gasteiger partial charge is 0.326 e. The van der Waals surface area contributed by atoms with Gasteiger partial charge in [-0.25, -0.2) is 0 Å². The van der Waals surface area contributed by atoms with E-state index in [1.165, 1.54) is 18.7 Å². The molecule has 0 fully saturated rings. The van der Waals surface area contributed by atoms with Gasteiger partial charge in [-0.15, -0.1) is 11.8 Å². The van der Waals surface area contributed by atoms with Crippen LogP contribution in [0, 0.1) is 0 Å². The zero-order valence-electron chi connectivity index (χ0n) is 28.0. The van der Waals surface area contributed by atoms with Crippen molar-refractivity contribution < 1.29 is 19.2 Å². The van der Waals surface area contributed by atoms with E-state index in [0.29, 0.717) is 28.5 Å². The van der Waals surface area contributed by atoms with Crippen LogP contribution in [-0.2, 0) is 14.4 Å². The highest BCUT2D eigenvalue weighted by molar-refractivity contribution is 8.00. The highest BCUT2D eigenvalue weighted by atomic mass is 32.2. The molecule has 1 unspecified atom stereocenters. The summed E-state index contributed by atoms with van der Waals surface area (Å²) < 4.78 is 0. The molecule has 5 rings (SSSR count). The number of thioether (sulfide) groups is 1. The smallest absolute Gasteiger partial charge is 0.272 e.